The average Bonchev–Trinajstić information content (AvgIpc) is 3.10. The molecule has 5 nitrogen and oxygen atoms in total. The number of nitrogens with zero attached hydrogens (tertiary/aromatic N) is 3. The number of carboxylic acids is 1. The van der Waals surface area contributed by atoms with Gasteiger partial charge in [-0.3, -0.25) is 14.4 Å². The van der Waals surface area contributed by atoms with Gasteiger partial charge in [-0.15, -0.1) is 0 Å². The van der Waals surface area contributed by atoms with Crippen LogP contribution in [-0.4, -0.2) is 38.8 Å². The van der Waals surface area contributed by atoms with E-state index < -0.39 is 5.97 Å². The summed E-state index contributed by atoms with van der Waals surface area (Å²) in [4.78, 5) is 13.3. The van der Waals surface area contributed by atoms with Gasteiger partial charge >= 0.3 is 5.97 Å². The van der Waals surface area contributed by atoms with Crippen LogP contribution in [0.3, 0.4) is 0 Å². The highest BCUT2D eigenvalue weighted by Gasteiger charge is 2.21. The molecule has 0 bridgehead atoms. The van der Waals surface area contributed by atoms with Crippen molar-refractivity contribution in [3.05, 3.63) is 53.3 Å². The first kappa shape index (κ1) is 16.7. The molecule has 0 spiro atoms. The number of aromatic nitrogens is 2. The van der Waals surface area contributed by atoms with Crippen LogP contribution < -0.4 is 0 Å². The molecule has 128 valence electrons. The molecule has 0 aliphatic carbocycles. The van der Waals surface area contributed by atoms with Gasteiger partial charge in [-0.05, 0) is 55.5 Å². The Labute approximate surface area is 142 Å². The SMILES string of the molecule is Cc1ccc(CCC(=O)O)cc1CN1CCCC(n2cccn2)C1. The molecule has 1 aromatic carbocycles. The third kappa shape index (κ3) is 4.23. The van der Waals surface area contributed by atoms with Gasteiger partial charge in [0, 0.05) is 31.9 Å². The van der Waals surface area contributed by atoms with Crippen LogP contribution in [0.25, 0.3) is 0 Å². The summed E-state index contributed by atoms with van der Waals surface area (Å²) in [6.07, 6.45) is 7.03. The third-order valence-electron chi connectivity index (χ3n) is 4.81. The van der Waals surface area contributed by atoms with Crippen LogP contribution in [0.5, 0.6) is 0 Å². The Balaban J connectivity index is 1.66. The zero-order valence-electron chi connectivity index (χ0n) is 14.2. The number of hydrogen-bond donors (Lipinski definition) is 1. The second kappa shape index (κ2) is 7.62. The van der Waals surface area contributed by atoms with Crippen LogP contribution in [-0.2, 0) is 17.8 Å². The molecule has 1 aliphatic heterocycles. The normalized spacial score (nSPS) is 18.6. The Kier molecular flexibility index (Phi) is 5.30. The minimum absolute atomic E-state index is 0.188. The molecule has 1 fully saturated rings. The topological polar surface area (TPSA) is 58.4 Å². The van der Waals surface area contributed by atoms with Crippen molar-refractivity contribution in [3.63, 3.8) is 0 Å². The highest BCUT2D eigenvalue weighted by atomic mass is 16.4. The largest absolute Gasteiger partial charge is 0.481 e. The summed E-state index contributed by atoms with van der Waals surface area (Å²) < 4.78 is 2.07. The lowest BCUT2D eigenvalue weighted by Crippen LogP contribution is -2.36. The average molecular weight is 327 g/mol. The van der Waals surface area contributed by atoms with E-state index in [9.17, 15) is 4.79 Å². The molecule has 0 saturated carbocycles. The van der Waals surface area contributed by atoms with Crippen molar-refractivity contribution in [1.29, 1.82) is 0 Å². The predicted molar refractivity (Wildman–Crippen MR) is 92.9 cm³/mol. The lowest BCUT2D eigenvalue weighted by Gasteiger charge is -2.33. The summed E-state index contributed by atoms with van der Waals surface area (Å²) in [6.45, 7) is 5.17. The fourth-order valence-electron chi connectivity index (χ4n) is 3.43. The highest BCUT2D eigenvalue weighted by Crippen LogP contribution is 2.23. The van der Waals surface area contributed by atoms with Gasteiger partial charge < -0.3 is 5.11 Å². The molecule has 2 heterocycles. The highest BCUT2D eigenvalue weighted by molar-refractivity contribution is 5.67. The number of hydrogen-bond acceptors (Lipinski definition) is 3. The molecule has 1 atom stereocenters. The van der Waals surface area contributed by atoms with Crippen LogP contribution in [0.1, 0.15) is 42.0 Å². The Hall–Kier alpha value is -2.14. The van der Waals surface area contributed by atoms with Crippen LogP contribution in [0.15, 0.2) is 36.7 Å². The number of carboxylic acid groups (broad SMARTS) is 1. The summed E-state index contributed by atoms with van der Waals surface area (Å²) >= 11 is 0. The number of aliphatic carboxylic acids is 1. The summed E-state index contributed by atoms with van der Waals surface area (Å²) in [6, 6.07) is 8.76. The Bertz CT molecular complexity index is 682. The van der Waals surface area contributed by atoms with Crippen molar-refractivity contribution >= 4 is 5.97 Å². The van der Waals surface area contributed by atoms with E-state index in [4.69, 9.17) is 5.11 Å². The number of rotatable bonds is 6. The summed E-state index contributed by atoms with van der Waals surface area (Å²) in [7, 11) is 0. The quantitative estimate of drug-likeness (QED) is 0.886. The molecule has 0 amide bonds. The Morgan fingerprint density at radius 3 is 3.04 bits per heavy atom. The number of piperidine rings is 1. The minimum atomic E-state index is -0.741. The molecule has 1 saturated heterocycles. The third-order valence-corrected chi connectivity index (χ3v) is 4.81. The van der Waals surface area contributed by atoms with Gasteiger partial charge in [-0.25, -0.2) is 0 Å². The molecular formula is C19H25N3O2. The van der Waals surface area contributed by atoms with Crippen LogP contribution in [0.2, 0.25) is 0 Å². The molecule has 1 aliphatic rings. The zero-order chi connectivity index (χ0) is 16.9. The van der Waals surface area contributed by atoms with E-state index in [-0.39, 0.29) is 6.42 Å². The van der Waals surface area contributed by atoms with Gasteiger partial charge in [0.05, 0.1) is 6.04 Å². The smallest absolute Gasteiger partial charge is 0.303 e. The van der Waals surface area contributed by atoms with Gasteiger partial charge in [-0.1, -0.05) is 18.2 Å². The van der Waals surface area contributed by atoms with Crippen molar-refractivity contribution in [3.8, 4) is 0 Å². The first-order valence-corrected chi connectivity index (χ1v) is 8.63. The van der Waals surface area contributed by atoms with Gasteiger partial charge in [0.1, 0.15) is 0 Å². The first-order chi connectivity index (χ1) is 11.6. The van der Waals surface area contributed by atoms with E-state index in [0.29, 0.717) is 12.5 Å². The fraction of sp³-hybridized carbons (Fsp3) is 0.474. The second-order valence-electron chi connectivity index (χ2n) is 6.67. The molecule has 1 N–H and O–H groups in total. The Morgan fingerprint density at radius 2 is 2.29 bits per heavy atom. The fourth-order valence-corrected chi connectivity index (χ4v) is 3.43. The number of carbonyl (C=O) groups is 1. The number of aryl methyl sites for hydroxylation is 2. The van der Waals surface area contributed by atoms with Gasteiger partial charge in [0.2, 0.25) is 0 Å². The standard InChI is InChI=1S/C19H25N3O2/c1-15-5-6-16(7-8-19(23)24)12-17(15)13-21-10-2-4-18(14-21)22-11-3-9-20-22/h3,5-6,9,11-12,18H,2,4,7-8,10,13-14H2,1H3,(H,23,24). The van der Waals surface area contributed by atoms with E-state index in [1.165, 1.54) is 24.0 Å². The van der Waals surface area contributed by atoms with Crippen molar-refractivity contribution in [2.24, 2.45) is 0 Å². The molecule has 5 heteroatoms. The van der Waals surface area contributed by atoms with Crippen LogP contribution in [0, 0.1) is 6.92 Å². The number of benzene rings is 1. The number of likely N-dealkylation sites (tertiary alicyclic amines) is 1. The molecule has 1 aromatic heterocycles. The lowest BCUT2D eigenvalue weighted by molar-refractivity contribution is -0.136. The van der Waals surface area contributed by atoms with Gasteiger partial charge in [0.15, 0.2) is 0 Å². The van der Waals surface area contributed by atoms with E-state index in [0.717, 1.165) is 25.2 Å². The zero-order valence-corrected chi connectivity index (χ0v) is 14.2. The molecule has 1 unspecified atom stereocenters. The molecular weight excluding hydrogens is 302 g/mol. The summed E-state index contributed by atoms with van der Waals surface area (Å²) in [5.41, 5.74) is 3.69. The van der Waals surface area contributed by atoms with E-state index in [1.807, 2.05) is 24.5 Å². The van der Waals surface area contributed by atoms with Crippen molar-refractivity contribution < 1.29 is 9.90 Å². The second-order valence-corrected chi connectivity index (χ2v) is 6.67. The molecule has 0 radical (unpaired) electrons. The predicted octanol–water partition coefficient (Wildman–Crippen LogP) is 3.05. The maximum atomic E-state index is 10.8. The van der Waals surface area contributed by atoms with Crippen LogP contribution >= 0.6 is 0 Å². The monoisotopic (exact) mass is 327 g/mol. The maximum absolute atomic E-state index is 10.8. The molecule has 3 rings (SSSR count). The van der Waals surface area contributed by atoms with Crippen molar-refractivity contribution in [1.82, 2.24) is 14.7 Å². The first-order valence-electron chi connectivity index (χ1n) is 8.63. The van der Waals surface area contributed by atoms with Crippen LogP contribution in [0.4, 0.5) is 0 Å². The maximum Gasteiger partial charge on any atom is 0.303 e. The molecule has 2 aromatic rings. The van der Waals surface area contributed by atoms with Crippen molar-refractivity contribution in [2.75, 3.05) is 13.1 Å². The Morgan fingerprint density at radius 1 is 1.42 bits per heavy atom. The van der Waals surface area contributed by atoms with E-state index in [2.05, 4.69) is 33.7 Å². The summed E-state index contributed by atoms with van der Waals surface area (Å²) in [5.74, 6) is -0.741. The summed E-state index contributed by atoms with van der Waals surface area (Å²) in [5, 5.41) is 13.3. The minimum Gasteiger partial charge on any atom is -0.481 e. The van der Waals surface area contributed by atoms with Gasteiger partial charge in [-0.2, -0.15) is 5.10 Å². The van der Waals surface area contributed by atoms with Gasteiger partial charge in [0.25, 0.3) is 0 Å². The lowest BCUT2D eigenvalue weighted by atomic mass is 10.00. The van der Waals surface area contributed by atoms with E-state index in [1.54, 1.807) is 0 Å². The van der Waals surface area contributed by atoms with E-state index >= 15 is 0 Å². The van der Waals surface area contributed by atoms with Crippen molar-refractivity contribution in [2.45, 2.75) is 45.2 Å². The molecule has 24 heavy (non-hydrogen) atoms.